The molecule has 1 amide bonds. The van der Waals surface area contributed by atoms with E-state index in [1.807, 2.05) is 42.5 Å². The van der Waals surface area contributed by atoms with E-state index in [1.165, 1.54) is 25.3 Å². The molecule has 0 saturated heterocycles. The average molecular weight is 540 g/mol. The number of ether oxygens (including phenoxy) is 1. The van der Waals surface area contributed by atoms with Crippen LogP contribution in [0.4, 0.5) is 11.4 Å². The molecule has 2 N–H and O–H groups in total. The quantitative estimate of drug-likeness (QED) is 0.361. The molecular formula is C29H25N5O4S. The number of hydrogen-bond acceptors (Lipinski definition) is 7. The number of aromatic nitrogens is 1. The molecule has 1 aliphatic rings. The van der Waals surface area contributed by atoms with Crippen molar-refractivity contribution in [2.45, 2.75) is 11.4 Å². The van der Waals surface area contributed by atoms with Crippen LogP contribution < -0.4 is 14.8 Å². The van der Waals surface area contributed by atoms with Gasteiger partial charge in [-0.3, -0.25) is 19.5 Å². The van der Waals surface area contributed by atoms with E-state index in [9.17, 15) is 13.2 Å². The highest BCUT2D eigenvalue weighted by Gasteiger charge is 2.21. The predicted molar refractivity (Wildman–Crippen MR) is 152 cm³/mol. The summed E-state index contributed by atoms with van der Waals surface area (Å²) in [4.78, 5) is 26.0. The molecular weight excluding hydrogens is 514 g/mol. The van der Waals surface area contributed by atoms with E-state index in [0.717, 1.165) is 22.3 Å². The number of carbonyl (C=O) groups excluding carboxylic acids is 1. The summed E-state index contributed by atoms with van der Waals surface area (Å²) in [6.45, 7) is 3.95. The van der Waals surface area contributed by atoms with Crippen molar-refractivity contribution in [3.63, 3.8) is 0 Å². The topological polar surface area (TPSA) is 122 Å². The number of fused-ring (bicyclic) bond motifs is 9. The zero-order valence-corrected chi connectivity index (χ0v) is 22.1. The summed E-state index contributed by atoms with van der Waals surface area (Å²) >= 11 is 0. The number of carbonyl (C=O) groups is 1. The standard InChI is InChI=1S/C29H25N5O4S/c1-30-25-11-10-19-14-24(25)27(31-2)20-7-4-6-18(12-20)16-32-28(35)21-8-5-9-23(13-21)39(36,37)34-26-15-22(19)17-33-29(26)38-3/h4-15,17,34H,1,16H2,2-3H3,(H,32,35)/b31-27-. The molecule has 0 saturated carbocycles. The minimum Gasteiger partial charge on any atom is -0.480 e. The molecule has 8 bridgehead atoms. The smallest absolute Gasteiger partial charge is 0.262 e. The Labute approximate surface area is 226 Å². The Morgan fingerprint density at radius 2 is 1.74 bits per heavy atom. The van der Waals surface area contributed by atoms with Crippen molar-refractivity contribution in [3.8, 4) is 17.0 Å². The number of methoxy groups -OCH3 is 1. The van der Waals surface area contributed by atoms with Crippen molar-refractivity contribution in [1.82, 2.24) is 10.3 Å². The van der Waals surface area contributed by atoms with Crippen molar-refractivity contribution in [3.05, 3.63) is 101 Å². The zero-order chi connectivity index (χ0) is 27.6. The van der Waals surface area contributed by atoms with E-state index in [-0.39, 0.29) is 28.6 Å². The molecule has 0 radical (unpaired) electrons. The van der Waals surface area contributed by atoms with Crippen LogP contribution in [0.1, 0.15) is 27.0 Å². The first-order chi connectivity index (χ1) is 18.8. The highest BCUT2D eigenvalue weighted by molar-refractivity contribution is 7.92. The average Bonchev–Trinajstić information content (AvgIpc) is 2.96. The van der Waals surface area contributed by atoms with Crippen molar-refractivity contribution in [1.29, 1.82) is 0 Å². The highest BCUT2D eigenvalue weighted by Crippen LogP contribution is 2.33. The SMILES string of the molecule is C=Nc1ccc2cc1/C(=N\C)c1cccc(c1)CNC(=O)c1cccc(c1)S(=O)(=O)Nc1cc-2cnc1OC. The van der Waals surface area contributed by atoms with Crippen LogP contribution >= 0.6 is 0 Å². The Hall–Kier alpha value is -4.83. The van der Waals surface area contributed by atoms with Gasteiger partial charge in [0.15, 0.2) is 0 Å². The third kappa shape index (κ3) is 5.14. The predicted octanol–water partition coefficient (Wildman–Crippen LogP) is 4.60. The van der Waals surface area contributed by atoms with E-state index in [4.69, 9.17) is 4.74 Å². The van der Waals surface area contributed by atoms with Gasteiger partial charge in [0.2, 0.25) is 5.88 Å². The molecule has 3 aromatic carbocycles. The Balaban J connectivity index is 1.75. The fourth-order valence-corrected chi connectivity index (χ4v) is 5.51. The summed E-state index contributed by atoms with van der Waals surface area (Å²) in [6, 6.07) is 20.7. The first-order valence-electron chi connectivity index (χ1n) is 12.0. The minimum atomic E-state index is -4.08. The lowest BCUT2D eigenvalue weighted by Gasteiger charge is -2.16. The fraction of sp³-hybridized carbons (Fsp3) is 0.103. The van der Waals surface area contributed by atoms with Crippen molar-refractivity contribution in [2.24, 2.45) is 9.98 Å². The molecule has 1 aliphatic heterocycles. The Morgan fingerprint density at radius 3 is 2.51 bits per heavy atom. The van der Waals surface area contributed by atoms with Crippen LogP contribution in [0, 0.1) is 0 Å². The van der Waals surface area contributed by atoms with E-state index in [0.29, 0.717) is 17.0 Å². The Morgan fingerprint density at radius 1 is 0.949 bits per heavy atom. The van der Waals surface area contributed by atoms with Crippen LogP contribution in [0.3, 0.4) is 0 Å². The van der Waals surface area contributed by atoms with Crippen LogP contribution in [0.5, 0.6) is 5.88 Å². The molecule has 10 heteroatoms. The summed E-state index contributed by atoms with van der Waals surface area (Å²) in [7, 11) is -0.977. The number of pyridine rings is 1. The lowest BCUT2D eigenvalue weighted by molar-refractivity contribution is 0.0950. The molecule has 5 rings (SSSR count). The van der Waals surface area contributed by atoms with Gasteiger partial charge in [-0.2, -0.15) is 0 Å². The number of nitrogens with zero attached hydrogens (tertiary/aromatic N) is 3. The zero-order valence-electron chi connectivity index (χ0n) is 21.3. The lowest BCUT2D eigenvalue weighted by Crippen LogP contribution is -2.23. The van der Waals surface area contributed by atoms with E-state index >= 15 is 0 Å². The van der Waals surface area contributed by atoms with Gasteiger partial charge in [-0.15, -0.1) is 0 Å². The van der Waals surface area contributed by atoms with Crippen molar-refractivity contribution < 1.29 is 17.9 Å². The van der Waals surface area contributed by atoms with Gasteiger partial charge >= 0.3 is 0 Å². The fourth-order valence-electron chi connectivity index (χ4n) is 4.42. The van der Waals surface area contributed by atoms with Crippen molar-refractivity contribution in [2.75, 3.05) is 18.9 Å². The van der Waals surface area contributed by atoms with Crippen LogP contribution in [0.25, 0.3) is 11.1 Å². The largest absolute Gasteiger partial charge is 0.480 e. The summed E-state index contributed by atoms with van der Waals surface area (Å²) in [5.74, 6) is -0.308. The number of nitrogens with one attached hydrogen (secondary N) is 2. The summed E-state index contributed by atoms with van der Waals surface area (Å²) < 4.78 is 34.6. The molecule has 0 atom stereocenters. The van der Waals surface area contributed by atoms with E-state index in [1.54, 1.807) is 25.4 Å². The number of amides is 1. The first kappa shape index (κ1) is 25.8. The maximum Gasteiger partial charge on any atom is 0.262 e. The number of rotatable bonds is 2. The molecule has 4 aromatic rings. The third-order valence-electron chi connectivity index (χ3n) is 6.33. The molecule has 196 valence electrons. The molecule has 0 aliphatic carbocycles. The highest BCUT2D eigenvalue weighted by atomic mass is 32.2. The summed E-state index contributed by atoms with van der Waals surface area (Å²) in [5.41, 5.74) is 5.51. The number of benzene rings is 3. The van der Waals surface area contributed by atoms with Gasteiger partial charge in [-0.25, -0.2) is 13.4 Å². The van der Waals surface area contributed by atoms with Gasteiger partial charge in [0.05, 0.1) is 23.4 Å². The third-order valence-corrected chi connectivity index (χ3v) is 7.69. The monoisotopic (exact) mass is 539 g/mol. The Kier molecular flexibility index (Phi) is 6.95. The van der Waals surface area contributed by atoms with Crippen LogP contribution in [0.15, 0.2) is 93.9 Å². The lowest BCUT2D eigenvalue weighted by atomic mass is 9.95. The second-order valence-electron chi connectivity index (χ2n) is 8.76. The van der Waals surface area contributed by atoms with E-state index < -0.39 is 15.9 Å². The van der Waals surface area contributed by atoms with Crippen LogP contribution in [-0.4, -0.2) is 45.9 Å². The van der Waals surface area contributed by atoms with Gasteiger partial charge in [0.25, 0.3) is 15.9 Å². The van der Waals surface area contributed by atoms with E-state index in [2.05, 4.69) is 31.7 Å². The maximum atomic E-state index is 13.3. The molecule has 0 fully saturated rings. The molecule has 9 nitrogen and oxygen atoms in total. The Bertz CT molecular complexity index is 1750. The second kappa shape index (κ2) is 10.5. The minimum absolute atomic E-state index is 0.0711. The van der Waals surface area contributed by atoms with Gasteiger partial charge < -0.3 is 10.1 Å². The van der Waals surface area contributed by atoms with Gasteiger partial charge in [-0.1, -0.05) is 30.3 Å². The van der Waals surface area contributed by atoms with Crippen molar-refractivity contribution >= 4 is 39.7 Å². The number of sulfonamides is 1. The van der Waals surface area contributed by atoms with Gasteiger partial charge in [-0.05, 0) is 60.3 Å². The number of anilines is 1. The normalized spacial score (nSPS) is 15.3. The number of hydrogen-bond donors (Lipinski definition) is 2. The molecule has 1 aromatic heterocycles. The molecule has 0 spiro atoms. The molecule has 2 heterocycles. The van der Waals surface area contributed by atoms with Gasteiger partial charge in [0, 0.05) is 42.0 Å². The summed E-state index contributed by atoms with van der Waals surface area (Å²) in [5, 5.41) is 2.86. The molecule has 39 heavy (non-hydrogen) atoms. The van der Waals surface area contributed by atoms with Crippen LogP contribution in [0.2, 0.25) is 0 Å². The second-order valence-corrected chi connectivity index (χ2v) is 10.4. The van der Waals surface area contributed by atoms with Gasteiger partial charge in [0.1, 0.15) is 5.69 Å². The maximum absolute atomic E-state index is 13.3. The summed E-state index contributed by atoms with van der Waals surface area (Å²) in [6.07, 6.45) is 1.60. The molecule has 0 unspecified atom stereocenters. The first-order valence-corrected chi connectivity index (χ1v) is 13.4. The number of aliphatic imine (C=N–C) groups is 2. The van der Waals surface area contributed by atoms with Crippen LogP contribution in [-0.2, 0) is 16.6 Å².